The molecule has 2 rings (SSSR count). The number of aryl methyl sites for hydroxylation is 1. The number of hydrogen-bond donors (Lipinski definition) is 1. The molecule has 0 aliphatic heterocycles. The van der Waals surface area contributed by atoms with Crippen molar-refractivity contribution in [3.05, 3.63) is 35.9 Å². The van der Waals surface area contributed by atoms with E-state index in [2.05, 4.69) is 17.4 Å². The number of carbonyl (C=O) groups excluding carboxylic acids is 1. The molecule has 18 heavy (non-hydrogen) atoms. The zero-order chi connectivity index (χ0) is 12.6. The number of amides is 1. The van der Waals surface area contributed by atoms with Gasteiger partial charge in [0.1, 0.15) is 0 Å². The lowest BCUT2D eigenvalue weighted by atomic mass is 10.1. The quantitative estimate of drug-likeness (QED) is 0.809. The van der Waals surface area contributed by atoms with Gasteiger partial charge in [0, 0.05) is 12.5 Å². The molecule has 0 radical (unpaired) electrons. The molecule has 0 heterocycles. The van der Waals surface area contributed by atoms with Gasteiger partial charge in [0.25, 0.3) is 0 Å². The van der Waals surface area contributed by atoms with Crippen molar-refractivity contribution in [3.8, 4) is 0 Å². The van der Waals surface area contributed by atoms with Crippen LogP contribution in [0.1, 0.15) is 50.5 Å². The van der Waals surface area contributed by atoms with Crippen molar-refractivity contribution < 1.29 is 4.79 Å². The molecular formula is C16H23NO. The van der Waals surface area contributed by atoms with Crippen molar-refractivity contribution in [2.75, 3.05) is 0 Å². The van der Waals surface area contributed by atoms with Crippen LogP contribution in [0.2, 0.25) is 0 Å². The Kier molecular flexibility index (Phi) is 5.25. The molecule has 1 saturated carbocycles. The van der Waals surface area contributed by atoms with E-state index in [1.807, 2.05) is 18.2 Å². The number of nitrogens with one attached hydrogen (secondary N) is 1. The highest BCUT2D eigenvalue weighted by atomic mass is 16.1. The molecule has 0 spiro atoms. The van der Waals surface area contributed by atoms with Gasteiger partial charge in [0.2, 0.25) is 5.91 Å². The third-order valence-electron chi connectivity index (χ3n) is 3.70. The Balaban J connectivity index is 1.71. The third kappa shape index (κ3) is 4.52. The SMILES string of the molecule is O=C(CCc1ccccc1)NC1CCCCCC1. The lowest BCUT2D eigenvalue weighted by Crippen LogP contribution is -2.34. The predicted octanol–water partition coefficient (Wildman–Crippen LogP) is 3.46. The van der Waals surface area contributed by atoms with Gasteiger partial charge in [-0.1, -0.05) is 56.0 Å². The van der Waals surface area contributed by atoms with Gasteiger partial charge >= 0.3 is 0 Å². The van der Waals surface area contributed by atoms with Crippen molar-refractivity contribution >= 4 is 5.91 Å². The smallest absolute Gasteiger partial charge is 0.220 e. The van der Waals surface area contributed by atoms with E-state index in [0.717, 1.165) is 19.3 Å². The normalized spacial score (nSPS) is 17.1. The van der Waals surface area contributed by atoms with E-state index < -0.39 is 0 Å². The molecule has 1 aromatic carbocycles. The van der Waals surface area contributed by atoms with Gasteiger partial charge < -0.3 is 5.32 Å². The summed E-state index contributed by atoms with van der Waals surface area (Å²) < 4.78 is 0. The lowest BCUT2D eigenvalue weighted by molar-refractivity contribution is -0.121. The second kappa shape index (κ2) is 7.20. The van der Waals surface area contributed by atoms with Gasteiger partial charge in [-0.2, -0.15) is 0 Å². The molecule has 1 aromatic rings. The second-order valence-corrected chi connectivity index (χ2v) is 5.24. The molecule has 1 aliphatic rings. The fourth-order valence-electron chi connectivity index (χ4n) is 2.63. The maximum absolute atomic E-state index is 11.9. The first-order valence-corrected chi connectivity index (χ1v) is 7.18. The van der Waals surface area contributed by atoms with E-state index in [9.17, 15) is 4.79 Å². The Labute approximate surface area is 110 Å². The van der Waals surface area contributed by atoms with E-state index in [0.29, 0.717) is 12.5 Å². The summed E-state index contributed by atoms with van der Waals surface area (Å²) in [6, 6.07) is 10.7. The summed E-state index contributed by atoms with van der Waals surface area (Å²) in [5.74, 6) is 0.214. The average Bonchev–Trinajstić information content (AvgIpc) is 2.66. The first kappa shape index (κ1) is 13.1. The first-order valence-electron chi connectivity index (χ1n) is 7.18. The highest BCUT2D eigenvalue weighted by molar-refractivity contribution is 5.76. The highest BCUT2D eigenvalue weighted by Gasteiger charge is 2.14. The third-order valence-corrected chi connectivity index (χ3v) is 3.70. The van der Waals surface area contributed by atoms with Crippen LogP contribution in [0, 0.1) is 0 Å². The molecule has 2 nitrogen and oxygen atoms in total. The summed E-state index contributed by atoms with van der Waals surface area (Å²) in [5.41, 5.74) is 1.24. The number of benzene rings is 1. The fourth-order valence-corrected chi connectivity index (χ4v) is 2.63. The summed E-state index contributed by atoms with van der Waals surface area (Å²) in [6.07, 6.45) is 8.98. The highest BCUT2D eigenvalue weighted by Crippen LogP contribution is 2.17. The minimum atomic E-state index is 0.214. The second-order valence-electron chi connectivity index (χ2n) is 5.24. The first-order chi connectivity index (χ1) is 8.84. The van der Waals surface area contributed by atoms with Gasteiger partial charge in [0.15, 0.2) is 0 Å². The Bertz CT molecular complexity index is 353. The van der Waals surface area contributed by atoms with Crippen LogP contribution in [-0.2, 0) is 11.2 Å². The number of rotatable bonds is 4. The molecule has 0 saturated heterocycles. The molecule has 1 N–H and O–H groups in total. The van der Waals surface area contributed by atoms with Crippen molar-refractivity contribution in [2.24, 2.45) is 0 Å². The molecule has 1 amide bonds. The molecular weight excluding hydrogens is 222 g/mol. The average molecular weight is 245 g/mol. The van der Waals surface area contributed by atoms with Crippen LogP contribution in [0.3, 0.4) is 0 Å². The van der Waals surface area contributed by atoms with Gasteiger partial charge in [-0.3, -0.25) is 4.79 Å². The summed E-state index contributed by atoms with van der Waals surface area (Å²) in [4.78, 5) is 11.9. The van der Waals surface area contributed by atoms with Gasteiger partial charge in [-0.25, -0.2) is 0 Å². The van der Waals surface area contributed by atoms with Crippen LogP contribution < -0.4 is 5.32 Å². The maximum Gasteiger partial charge on any atom is 0.220 e. The van der Waals surface area contributed by atoms with E-state index in [1.54, 1.807) is 0 Å². The van der Waals surface area contributed by atoms with Crippen LogP contribution in [0.4, 0.5) is 0 Å². The Morgan fingerprint density at radius 1 is 1.06 bits per heavy atom. The molecule has 98 valence electrons. The molecule has 0 unspecified atom stereocenters. The monoisotopic (exact) mass is 245 g/mol. The molecule has 1 aliphatic carbocycles. The zero-order valence-electron chi connectivity index (χ0n) is 11.0. The summed E-state index contributed by atoms with van der Waals surface area (Å²) in [7, 11) is 0. The number of hydrogen-bond acceptors (Lipinski definition) is 1. The fraction of sp³-hybridized carbons (Fsp3) is 0.562. The molecule has 0 bridgehead atoms. The van der Waals surface area contributed by atoms with Crippen LogP contribution in [0.25, 0.3) is 0 Å². The summed E-state index contributed by atoms with van der Waals surface area (Å²) in [5, 5.41) is 3.19. The van der Waals surface area contributed by atoms with Crippen LogP contribution >= 0.6 is 0 Å². The van der Waals surface area contributed by atoms with E-state index in [4.69, 9.17) is 0 Å². The molecule has 0 atom stereocenters. The van der Waals surface area contributed by atoms with E-state index in [-0.39, 0.29) is 5.91 Å². The van der Waals surface area contributed by atoms with Crippen molar-refractivity contribution in [2.45, 2.75) is 57.4 Å². The van der Waals surface area contributed by atoms with Crippen molar-refractivity contribution in [1.82, 2.24) is 5.32 Å². The van der Waals surface area contributed by atoms with Crippen LogP contribution in [-0.4, -0.2) is 11.9 Å². The van der Waals surface area contributed by atoms with Crippen LogP contribution in [0.15, 0.2) is 30.3 Å². The minimum absolute atomic E-state index is 0.214. The maximum atomic E-state index is 11.9. The van der Waals surface area contributed by atoms with E-state index >= 15 is 0 Å². The zero-order valence-corrected chi connectivity index (χ0v) is 11.0. The summed E-state index contributed by atoms with van der Waals surface area (Å²) >= 11 is 0. The van der Waals surface area contributed by atoms with Crippen molar-refractivity contribution in [1.29, 1.82) is 0 Å². The topological polar surface area (TPSA) is 29.1 Å². The largest absolute Gasteiger partial charge is 0.353 e. The van der Waals surface area contributed by atoms with Crippen LogP contribution in [0.5, 0.6) is 0 Å². The molecule has 1 fully saturated rings. The lowest BCUT2D eigenvalue weighted by Gasteiger charge is -2.16. The predicted molar refractivity (Wildman–Crippen MR) is 74.4 cm³/mol. The Hall–Kier alpha value is -1.31. The molecule has 0 aromatic heterocycles. The molecule has 2 heteroatoms. The number of carbonyl (C=O) groups is 1. The van der Waals surface area contributed by atoms with Gasteiger partial charge in [0.05, 0.1) is 0 Å². The standard InChI is InChI=1S/C16H23NO/c18-16(13-12-14-8-4-3-5-9-14)17-15-10-6-1-2-7-11-15/h3-5,8-9,15H,1-2,6-7,10-13H2,(H,17,18). The van der Waals surface area contributed by atoms with Crippen molar-refractivity contribution in [3.63, 3.8) is 0 Å². The van der Waals surface area contributed by atoms with E-state index in [1.165, 1.54) is 31.2 Å². The Morgan fingerprint density at radius 3 is 2.39 bits per heavy atom. The van der Waals surface area contributed by atoms with Gasteiger partial charge in [-0.05, 0) is 24.8 Å². The Morgan fingerprint density at radius 2 is 1.72 bits per heavy atom. The summed E-state index contributed by atoms with van der Waals surface area (Å²) in [6.45, 7) is 0. The van der Waals surface area contributed by atoms with Gasteiger partial charge in [-0.15, -0.1) is 0 Å². The minimum Gasteiger partial charge on any atom is -0.353 e.